The third-order valence-corrected chi connectivity index (χ3v) is 6.07. The molecule has 2 unspecified atom stereocenters. The summed E-state index contributed by atoms with van der Waals surface area (Å²) in [7, 11) is 0. The van der Waals surface area contributed by atoms with E-state index in [2.05, 4.69) is 4.98 Å². The molecule has 1 saturated carbocycles. The molecule has 1 N–H and O–H groups in total. The van der Waals surface area contributed by atoms with Crippen LogP contribution in [-0.4, -0.2) is 55.5 Å². The summed E-state index contributed by atoms with van der Waals surface area (Å²) in [6, 6.07) is 7.16. The molecule has 1 aliphatic rings. The molecule has 1 aliphatic carbocycles. The van der Waals surface area contributed by atoms with Crippen LogP contribution in [0.4, 0.5) is 9.59 Å². The maximum Gasteiger partial charge on any atom is 0.419 e. The summed E-state index contributed by atoms with van der Waals surface area (Å²) in [6.07, 6.45) is 3.05. The zero-order chi connectivity index (χ0) is 26.9. The van der Waals surface area contributed by atoms with Crippen LogP contribution >= 0.6 is 11.6 Å². The van der Waals surface area contributed by atoms with Crippen molar-refractivity contribution in [2.24, 2.45) is 5.92 Å². The monoisotopic (exact) mass is 519 g/mol. The van der Waals surface area contributed by atoms with E-state index < -0.39 is 34.8 Å². The number of aliphatic carboxylic acids is 1. The topological polar surface area (TPSA) is 111 Å². The Morgan fingerprint density at radius 1 is 1.08 bits per heavy atom. The zero-order valence-electron chi connectivity index (χ0n) is 21.6. The van der Waals surface area contributed by atoms with Crippen molar-refractivity contribution in [1.82, 2.24) is 14.5 Å². The first-order chi connectivity index (χ1) is 16.6. The smallest absolute Gasteiger partial charge is 0.419 e. The number of imidazole rings is 1. The van der Waals surface area contributed by atoms with E-state index in [0.29, 0.717) is 30.0 Å². The third kappa shape index (κ3) is 6.57. The number of carbonyl (C=O) groups is 3. The van der Waals surface area contributed by atoms with E-state index in [4.69, 9.17) is 21.1 Å². The van der Waals surface area contributed by atoms with Gasteiger partial charge in [0.15, 0.2) is 0 Å². The van der Waals surface area contributed by atoms with E-state index in [1.807, 2.05) is 12.1 Å². The van der Waals surface area contributed by atoms with Gasteiger partial charge in [-0.1, -0.05) is 11.6 Å². The molecule has 0 aliphatic heterocycles. The van der Waals surface area contributed by atoms with Gasteiger partial charge in [0, 0.05) is 23.5 Å². The van der Waals surface area contributed by atoms with Gasteiger partial charge in [0.2, 0.25) is 0 Å². The third-order valence-electron chi connectivity index (χ3n) is 5.81. The highest BCUT2D eigenvalue weighted by molar-refractivity contribution is 6.30. The summed E-state index contributed by atoms with van der Waals surface area (Å²) in [4.78, 5) is 43.0. The van der Waals surface area contributed by atoms with Crippen molar-refractivity contribution in [3.05, 3.63) is 47.5 Å². The lowest BCUT2D eigenvalue weighted by molar-refractivity contribution is -0.140. The van der Waals surface area contributed by atoms with Gasteiger partial charge >= 0.3 is 18.2 Å². The number of carboxylic acid groups (broad SMARTS) is 1. The molecule has 2 amide bonds. The minimum absolute atomic E-state index is 0.0508. The molecule has 1 heterocycles. The molecule has 0 bridgehead atoms. The molecule has 10 heteroatoms. The molecule has 2 aromatic rings. The molecule has 2 atom stereocenters. The number of aromatic nitrogens is 2. The van der Waals surface area contributed by atoms with Crippen molar-refractivity contribution in [3.8, 4) is 5.69 Å². The fourth-order valence-corrected chi connectivity index (χ4v) is 4.18. The molecular formula is C26H34ClN3O6. The van der Waals surface area contributed by atoms with Crippen LogP contribution in [0.1, 0.15) is 66.5 Å². The molecule has 1 fully saturated rings. The van der Waals surface area contributed by atoms with Crippen LogP contribution in [0.2, 0.25) is 5.02 Å². The van der Waals surface area contributed by atoms with Crippen molar-refractivity contribution in [1.29, 1.82) is 0 Å². The molecule has 36 heavy (non-hydrogen) atoms. The van der Waals surface area contributed by atoms with Crippen molar-refractivity contribution >= 4 is 29.8 Å². The number of carbonyl (C=O) groups excluding carboxylic acids is 2. The second-order valence-corrected chi connectivity index (χ2v) is 11.5. The summed E-state index contributed by atoms with van der Waals surface area (Å²) in [5.41, 5.74) is -1.36. The van der Waals surface area contributed by atoms with Gasteiger partial charge in [-0.05, 0) is 91.0 Å². The van der Waals surface area contributed by atoms with Gasteiger partial charge in [-0.3, -0.25) is 4.79 Å². The van der Waals surface area contributed by atoms with E-state index in [1.165, 1.54) is 0 Å². The van der Waals surface area contributed by atoms with Gasteiger partial charge in [-0.2, -0.15) is 0 Å². The second-order valence-electron chi connectivity index (χ2n) is 11.1. The highest BCUT2D eigenvalue weighted by atomic mass is 35.5. The van der Waals surface area contributed by atoms with E-state index in [0.717, 1.165) is 10.6 Å². The van der Waals surface area contributed by atoms with Gasteiger partial charge in [-0.25, -0.2) is 19.5 Å². The molecule has 3 rings (SSSR count). The van der Waals surface area contributed by atoms with E-state index in [9.17, 15) is 19.5 Å². The van der Waals surface area contributed by atoms with Gasteiger partial charge in [0.05, 0.1) is 12.0 Å². The molecule has 1 aromatic carbocycles. The number of nitrogens with zero attached hydrogens (tertiary/aromatic N) is 3. The van der Waals surface area contributed by atoms with Crippen LogP contribution in [0.15, 0.2) is 36.8 Å². The number of benzene rings is 1. The van der Waals surface area contributed by atoms with Crippen LogP contribution in [-0.2, 0) is 19.7 Å². The summed E-state index contributed by atoms with van der Waals surface area (Å²) < 4.78 is 12.5. The Labute approximate surface area is 216 Å². The van der Waals surface area contributed by atoms with Crippen LogP contribution < -0.4 is 0 Å². The average molecular weight is 520 g/mol. The van der Waals surface area contributed by atoms with Gasteiger partial charge in [-0.15, -0.1) is 0 Å². The first kappa shape index (κ1) is 27.5. The maximum atomic E-state index is 12.7. The summed E-state index contributed by atoms with van der Waals surface area (Å²) in [6.45, 7) is 10.3. The zero-order valence-corrected chi connectivity index (χ0v) is 22.3. The van der Waals surface area contributed by atoms with E-state index in [-0.39, 0.29) is 12.5 Å². The maximum absolute atomic E-state index is 12.7. The van der Waals surface area contributed by atoms with Crippen LogP contribution in [0.5, 0.6) is 0 Å². The lowest BCUT2D eigenvalue weighted by Crippen LogP contribution is -2.44. The molecule has 0 spiro atoms. The Morgan fingerprint density at radius 2 is 1.64 bits per heavy atom. The molecule has 196 valence electrons. The molecule has 0 saturated heterocycles. The first-order valence-electron chi connectivity index (χ1n) is 11.9. The fourth-order valence-electron chi connectivity index (χ4n) is 4.06. The van der Waals surface area contributed by atoms with Crippen molar-refractivity contribution in [2.75, 3.05) is 6.54 Å². The standard InChI is InChI=1S/C26H34ClN3O6/c1-24(2,3)35-22(33)30(23(34)36-25(4,5)6)13-7-8-17-14-26(17,21(31)32)20-15-29(16-28-20)19-11-9-18(27)10-12-19/h9-12,15-17H,7-8,13-14H2,1-6H3,(H,31,32). The molecule has 0 radical (unpaired) electrons. The predicted octanol–water partition coefficient (Wildman–Crippen LogP) is 5.82. The molecule has 9 nitrogen and oxygen atoms in total. The quantitative estimate of drug-likeness (QED) is 0.490. The van der Waals surface area contributed by atoms with Gasteiger partial charge < -0.3 is 19.1 Å². The summed E-state index contributed by atoms with van der Waals surface area (Å²) in [5, 5.41) is 10.7. The molecular weight excluding hydrogens is 486 g/mol. The van der Waals surface area contributed by atoms with Gasteiger partial charge in [0.1, 0.15) is 16.6 Å². The van der Waals surface area contributed by atoms with Crippen molar-refractivity contribution < 1.29 is 29.0 Å². The number of hydrogen-bond donors (Lipinski definition) is 1. The number of hydrogen-bond acceptors (Lipinski definition) is 6. The Kier molecular flexibility index (Phi) is 7.74. The lowest BCUT2D eigenvalue weighted by atomic mass is 9.97. The summed E-state index contributed by atoms with van der Waals surface area (Å²) in [5.74, 6) is -1.12. The SMILES string of the molecule is CC(C)(C)OC(=O)N(CCCC1CC1(C(=O)O)c1cn(-c2ccc(Cl)cc2)cn1)C(=O)OC(C)(C)C. The predicted molar refractivity (Wildman–Crippen MR) is 134 cm³/mol. The number of ether oxygens (including phenoxy) is 2. The normalized spacial score (nSPS) is 19.5. The fraction of sp³-hybridized carbons (Fsp3) is 0.538. The number of amides is 2. The lowest BCUT2D eigenvalue weighted by Gasteiger charge is -2.28. The Morgan fingerprint density at radius 3 is 2.14 bits per heavy atom. The van der Waals surface area contributed by atoms with Gasteiger partial charge in [0.25, 0.3) is 0 Å². The van der Waals surface area contributed by atoms with Crippen LogP contribution in [0.3, 0.4) is 0 Å². The minimum atomic E-state index is -1.10. The number of carboxylic acids is 1. The van der Waals surface area contributed by atoms with Crippen LogP contribution in [0, 0.1) is 5.92 Å². The van der Waals surface area contributed by atoms with Crippen LogP contribution in [0.25, 0.3) is 5.69 Å². The second kappa shape index (κ2) is 10.1. The van der Waals surface area contributed by atoms with E-state index >= 15 is 0 Å². The number of halogens is 1. The van der Waals surface area contributed by atoms with E-state index in [1.54, 1.807) is 70.8 Å². The minimum Gasteiger partial charge on any atom is -0.481 e. The highest BCUT2D eigenvalue weighted by Crippen LogP contribution is 2.56. The number of rotatable bonds is 7. The largest absolute Gasteiger partial charge is 0.481 e. The van der Waals surface area contributed by atoms with Crippen molar-refractivity contribution in [3.63, 3.8) is 0 Å². The Hall–Kier alpha value is -3.07. The highest BCUT2D eigenvalue weighted by Gasteiger charge is 2.62. The number of imide groups is 1. The Bertz CT molecular complexity index is 1090. The summed E-state index contributed by atoms with van der Waals surface area (Å²) >= 11 is 5.96. The van der Waals surface area contributed by atoms with Crippen molar-refractivity contribution in [2.45, 2.75) is 77.4 Å². The molecule has 1 aromatic heterocycles. The first-order valence-corrected chi connectivity index (χ1v) is 12.3. The average Bonchev–Trinajstić information content (AvgIpc) is 3.25. The Balaban J connectivity index is 1.69.